The normalized spacial score (nSPS) is 10.2. The molecule has 17 heavy (non-hydrogen) atoms. The summed E-state index contributed by atoms with van der Waals surface area (Å²) in [7, 11) is 0. The lowest BCUT2D eigenvalue weighted by Crippen LogP contribution is -1.94. The minimum Gasteiger partial charge on any atom is -0.494 e. The summed E-state index contributed by atoms with van der Waals surface area (Å²) in [5.41, 5.74) is 1.79. The molecular weight excluding hydrogens is 232 g/mol. The molecule has 1 aromatic carbocycles. The lowest BCUT2D eigenvalue weighted by atomic mass is 10.1. The maximum Gasteiger partial charge on any atom is 0.129 e. The number of hydrogen-bond donors (Lipinski definition) is 1. The summed E-state index contributed by atoms with van der Waals surface area (Å²) in [5, 5.41) is 0. The van der Waals surface area contributed by atoms with Crippen LogP contribution in [0.5, 0.6) is 5.75 Å². The smallest absolute Gasteiger partial charge is 0.129 e. The van der Waals surface area contributed by atoms with Gasteiger partial charge in [0.05, 0.1) is 6.61 Å². The number of aromatic nitrogens is 2. The number of H-pyrrole nitrogens is 1. The van der Waals surface area contributed by atoms with E-state index in [4.69, 9.17) is 17.0 Å². The third-order valence-electron chi connectivity index (χ3n) is 2.31. The molecule has 2 rings (SSSR count). The number of nitrogens with one attached hydrogen (secondary N) is 1. The van der Waals surface area contributed by atoms with Gasteiger partial charge in [-0.15, -0.1) is 0 Å². The van der Waals surface area contributed by atoms with Gasteiger partial charge in [0, 0.05) is 18.0 Å². The van der Waals surface area contributed by atoms with Crippen LogP contribution in [0, 0.1) is 4.64 Å². The van der Waals surface area contributed by atoms with E-state index < -0.39 is 0 Å². The van der Waals surface area contributed by atoms with Gasteiger partial charge in [-0.1, -0.05) is 19.1 Å². The molecule has 0 atom stereocenters. The predicted octanol–water partition coefficient (Wildman–Crippen LogP) is 3.59. The van der Waals surface area contributed by atoms with Gasteiger partial charge in [-0.2, -0.15) is 0 Å². The molecule has 2 aromatic rings. The first-order chi connectivity index (χ1) is 8.31. The van der Waals surface area contributed by atoms with Crippen LogP contribution in [0.4, 0.5) is 0 Å². The Balaban J connectivity index is 2.24. The summed E-state index contributed by atoms with van der Waals surface area (Å²) >= 11 is 5.19. The highest BCUT2D eigenvalue weighted by Gasteiger charge is 2.01. The minimum absolute atomic E-state index is 0.648. The molecule has 0 saturated heterocycles. The van der Waals surface area contributed by atoms with Crippen molar-refractivity contribution in [2.24, 2.45) is 0 Å². The van der Waals surface area contributed by atoms with Crippen molar-refractivity contribution in [3.05, 3.63) is 41.3 Å². The van der Waals surface area contributed by atoms with Gasteiger partial charge >= 0.3 is 0 Å². The molecule has 0 saturated carbocycles. The Morgan fingerprint density at radius 3 is 2.71 bits per heavy atom. The summed E-state index contributed by atoms with van der Waals surface area (Å²) in [6, 6.07) is 7.82. The number of rotatable bonds is 4. The summed E-state index contributed by atoms with van der Waals surface area (Å²) in [6.07, 6.45) is 4.43. The van der Waals surface area contributed by atoms with Gasteiger partial charge < -0.3 is 9.72 Å². The monoisotopic (exact) mass is 246 g/mol. The number of benzene rings is 1. The van der Waals surface area contributed by atoms with Gasteiger partial charge in [0.2, 0.25) is 0 Å². The highest BCUT2D eigenvalue weighted by molar-refractivity contribution is 7.71. The molecule has 0 bridgehead atoms. The fraction of sp³-hybridized carbons (Fsp3) is 0.231. The third kappa shape index (κ3) is 2.91. The first-order valence-corrected chi connectivity index (χ1v) is 5.99. The average Bonchev–Trinajstić information content (AvgIpc) is 2.38. The first-order valence-electron chi connectivity index (χ1n) is 5.58. The minimum atomic E-state index is 0.648. The van der Waals surface area contributed by atoms with Crippen LogP contribution >= 0.6 is 12.2 Å². The Hall–Kier alpha value is -1.68. The largest absolute Gasteiger partial charge is 0.494 e. The van der Waals surface area contributed by atoms with Crippen LogP contribution in [0.25, 0.3) is 11.3 Å². The molecule has 0 unspecified atom stereocenters. The maximum absolute atomic E-state index is 5.52. The van der Waals surface area contributed by atoms with Crippen molar-refractivity contribution in [3.8, 4) is 17.0 Å². The van der Waals surface area contributed by atoms with Gasteiger partial charge in [0.15, 0.2) is 0 Å². The zero-order valence-corrected chi connectivity index (χ0v) is 10.5. The van der Waals surface area contributed by atoms with Crippen molar-refractivity contribution in [1.82, 2.24) is 9.97 Å². The molecule has 0 fully saturated rings. The van der Waals surface area contributed by atoms with E-state index in [1.807, 2.05) is 24.3 Å². The Bertz CT molecular complexity index is 534. The maximum atomic E-state index is 5.52. The molecule has 3 nitrogen and oxygen atoms in total. The average molecular weight is 246 g/mol. The molecule has 0 amide bonds. The van der Waals surface area contributed by atoms with E-state index in [0.29, 0.717) is 4.64 Å². The van der Waals surface area contributed by atoms with E-state index in [9.17, 15) is 0 Å². The molecule has 4 heteroatoms. The number of hydrogen-bond acceptors (Lipinski definition) is 3. The number of aromatic amines is 1. The SMILES string of the molecule is CCCOc1ccc(-c2ncc[nH]c2=S)cc1. The lowest BCUT2D eigenvalue weighted by Gasteiger charge is -2.05. The second kappa shape index (κ2) is 5.59. The van der Waals surface area contributed by atoms with Gasteiger partial charge in [-0.05, 0) is 30.7 Å². The molecule has 0 radical (unpaired) electrons. The molecule has 88 valence electrons. The van der Waals surface area contributed by atoms with Gasteiger partial charge in [-0.25, -0.2) is 0 Å². The fourth-order valence-corrected chi connectivity index (χ4v) is 1.72. The number of ether oxygens (including phenoxy) is 1. The molecule has 1 heterocycles. The summed E-state index contributed by atoms with van der Waals surface area (Å²) in [6.45, 7) is 2.82. The molecule has 0 aliphatic carbocycles. The standard InChI is InChI=1S/C13H14N2OS/c1-2-9-16-11-5-3-10(4-6-11)12-13(17)15-8-7-14-12/h3-8H,2,9H2,1H3,(H,15,17). The van der Waals surface area contributed by atoms with E-state index in [-0.39, 0.29) is 0 Å². The van der Waals surface area contributed by atoms with E-state index in [0.717, 1.165) is 30.0 Å². The van der Waals surface area contributed by atoms with Gasteiger partial charge in [-0.3, -0.25) is 4.98 Å². The number of nitrogens with zero attached hydrogens (tertiary/aromatic N) is 1. The zero-order valence-electron chi connectivity index (χ0n) is 9.64. The van der Waals surface area contributed by atoms with Crippen LogP contribution in [0.1, 0.15) is 13.3 Å². The van der Waals surface area contributed by atoms with Crippen LogP contribution in [-0.2, 0) is 0 Å². The van der Waals surface area contributed by atoms with Gasteiger partial charge in [0.25, 0.3) is 0 Å². The van der Waals surface area contributed by atoms with E-state index in [1.165, 1.54) is 0 Å². The quantitative estimate of drug-likeness (QED) is 0.838. The van der Waals surface area contributed by atoms with Crippen LogP contribution in [0.3, 0.4) is 0 Å². The molecule has 0 aliphatic heterocycles. The van der Waals surface area contributed by atoms with Crippen LogP contribution in [0.2, 0.25) is 0 Å². The molecule has 0 aliphatic rings. The molecular formula is C13H14N2OS. The summed E-state index contributed by atoms with van der Waals surface area (Å²) in [5.74, 6) is 0.876. The van der Waals surface area contributed by atoms with E-state index in [2.05, 4.69) is 16.9 Å². The van der Waals surface area contributed by atoms with Crippen LogP contribution < -0.4 is 4.74 Å². The fourth-order valence-electron chi connectivity index (χ4n) is 1.49. The van der Waals surface area contributed by atoms with Crippen molar-refractivity contribution in [2.45, 2.75) is 13.3 Å². The predicted molar refractivity (Wildman–Crippen MR) is 70.6 cm³/mol. The summed E-state index contributed by atoms with van der Waals surface area (Å²) < 4.78 is 6.17. The Labute approximate surface area is 105 Å². The van der Waals surface area contributed by atoms with Crippen LogP contribution in [-0.4, -0.2) is 16.6 Å². The highest BCUT2D eigenvalue weighted by atomic mass is 32.1. The third-order valence-corrected chi connectivity index (χ3v) is 2.62. The van der Waals surface area contributed by atoms with Crippen molar-refractivity contribution >= 4 is 12.2 Å². The Kier molecular flexibility index (Phi) is 3.88. The van der Waals surface area contributed by atoms with E-state index in [1.54, 1.807) is 12.4 Å². The Morgan fingerprint density at radius 1 is 1.29 bits per heavy atom. The van der Waals surface area contributed by atoms with E-state index >= 15 is 0 Å². The lowest BCUT2D eigenvalue weighted by molar-refractivity contribution is 0.317. The second-order valence-electron chi connectivity index (χ2n) is 3.64. The van der Waals surface area contributed by atoms with Crippen molar-refractivity contribution in [2.75, 3.05) is 6.61 Å². The summed E-state index contributed by atoms with van der Waals surface area (Å²) in [4.78, 5) is 7.23. The zero-order chi connectivity index (χ0) is 12.1. The highest BCUT2D eigenvalue weighted by Crippen LogP contribution is 2.20. The van der Waals surface area contributed by atoms with Crippen LogP contribution in [0.15, 0.2) is 36.7 Å². The van der Waals surface area contributed by atoms with Gasteiger partial charge in [0.1, 0.15) is 16.1 Å². The van der Waals surface area contributed by atoms with Crippen molar-refractivity contribution in [3.63, 3.8) is 0 Å². The Morgan fingerprint density at radius 2 is 2.06 bits per heavy atom. The van der Waals surface area contributed by atoms with Crippen molar-refractivity contribution in [1.29, 1.82) is 0 Å². The second-order valence-corrected chi connectivity index (χ2v) is 4.05. The first kappa shape index (κ1) is 11.8. The molecule has 1 aromatic heterocycles. The molecule has 1 N–H and O–H groups in total. The topological polar surface area (TPSA) is 37.9 Å². The molecule has 0 spiro atoms. The van der Waals surface area contributed by atoms with Crippen molar-refractivity contribution < 1.29 is 4.74 Å².